The quantitative estimate of drug-likeness (QED) is 0.758. The van der Waals surface area contributed by atoms with Gasteiger partial charge in [-0.05, 0) is 30.9 Å². The molecule has 1 aromatic carbocycles. The normalized spacial score (nSPS) is 19.7. The largest absolute Gasteiger partial charge is 0.350 e. The molecule has 2 aliphatic rings. The Morgan fingerprint density at radius 2 is 2.04 bits per heavy atom. The monoisotopic (exact) mass is 449 g/mol. The average molecular weight is 450 g/mol. The third-order valence-electron chi connectivity index (χ3n) is 4.92. The third kappa shape index (κ3) is 3.84. The van der Waals surface area contributed by atoms with Gasteiger partial charge in [-0.15, -0.1) is 10.2 Å². The fourth-order valence-electron chi connectivity index (χ4n) is 3.49. The number of nitrogens with one attached hydrogen (secondary N) is 1. The lowest BCUT2D eigenvalue weighted by Gasteiger charge is -2.22. The highest BCUT2D eigenvalue weighted by Crippen LogP contribution is 2.33. The third-order valence-corrected chi connectivity index (χ3v) is 6.68. The molecule has 142 valence electrons. The van der Waals surface area contributed by atoms with Gasteiger partial charge in [0.25, 0.3) is 0 Å². The fraction of sp³-hybridized carbons (Fsp3) is 0.444. The summed E-state index contributed by atoms with van der Waals surface area (Å²) in [5.41, 5.74) is 1.04. The number of rotatable bonds is 5. The molecule has 0 spiro atoms. The van der Waals surface area contributed by atoms with Crippen molar-refractivity contribution < 1.29 is 9.59 Å². The average Bonchev–Trinajstić information content (AvgIpc) is 3.40. The Kier molecular flexibility index (Phi) is 5.40. The molecule has 0 aliphatic carbocycles. The van der Waals surface area contributed by atoms with E-state index in [1.165, 1.54) is 11.3 Å². The summed E-state index contributed by atoms with van der Waals surface area (Å²) in [5.74, 6) is 0.0964. The van der Waals surface area contributed by atoms with Crippen molar-refractivity contribution in [2.75, 3.05) is 22.9 Å². The van der Waals surface area contributed by atoms with Crippen LogP contribution in [0.1, 0.15) is 31.2 Å². The highest BCUT2D eigenvalue weighted by molar-refractivity contribution is 9.10. The molecule has 1 aromatic heterocycles. The molecule has 3 heterocycles. The van der Waals surface area contributed by atoms with Crippen molar-refractivity contribution in [2.45, 2.75) is 38.3 Å². The van der Waals surface area contributed by atoms with Crippen LogP contribution in [0, 0.1) is 0 Å². The number of amides is 2. The molecule has 2 aromatic rings. The molecule has 2 aliphatic heterocycles. The Morgan fingerprint density at radius 1 is 1.22 bits per heavy atom. The first-order valence-electron chi connectivity index (χ1n) is 9.05. The molecule has 2 saturated heterocycles. The number of hydrogen-bond acceptors (Lipinski definition) is 6. The second kappa shape index (κ2) is 7.93. The molecule has 7 nitrogen and oxygen atoms in total. The van der Waals surface area contributed by atoms with E-state index in [9.17, 15) is 9.59 Å². The summed E-state index contributed by atoms with van der Waals surface area (Å²) in [4.78, 5) is 28.4. The van der Waals surface area contributed by atoms with E-state index in [-0.39, 0.29) is 17.9 Å². The maximum atomic E-state index is 12.8. The van der Waals surface area contributed by atoms with E-state index in [0.29, 0.717) is 29.8 Å². The van der Waals surface area contributed by atoms with Crippen LogP contribution in [0.15, 0.2) is 28.7 Å². The number of halogens is 1. The summed E-state index contributed by atoms with van der Waals surface area (Å²) in [5, 5.41) is 12.8. The van der Waals surface area contributed by atoms with Gasteiger partial charge in [0.2, 0.25) is 22.1 Å². The summed E-state index contributed by atoms with van der Waals surface area (Å²) >= 11 is 4.90. The number of carbonyl (C=O) groups excluding carboxylic acids is 2. The summed E-state index contributed by atoms with van der Waals surface area (Å²) in [6.07, 6.45) is 3.15. The van der Waals surface area contributed by atoms with Crippen LogP contribution in [0.2, 0.25) is 0 Å². The van der Waals surface area contributed by atoms with Crippen LogP contribution in [-0.4, -0.2) is 41.1 Å². The smallest absolute Gasteiger partial charge is 0.243 e. The second-order valence-corrected chi connectivity index (χ2v) is 8.47. The topological polar surface area (TPSA) is 78.4 Å². The van der Waals surface area contributed by atoms with E-state index in [2.05, 4.69) is 31.4 Å². The molecule has 0 radical (unpaired) electrons. The zero-order chi connectivity index (χ0) is 18.8. The van der Waals surface area contributed by atoms with Gasteiger partial charge in [0.05, 0.1) is 0 Å². The van der Waals surface area contributed by atoms with Crippen LogP contribution in [0.3, 0.4) is 0 Å². The number of benzene rings is 1. The highest BCUT2D eigenvalue weighted by atomic mass is 79.9. The van der Waals surface area contributed by atoms with Crippen LogP contribution in [-0.2, 0) is 16.1 Å². The molecule has 1 unspecified atom stereocenters. The molecule has 9 heteroatoms. The number of carbonyl (C=O) groups is 2. The molecular weight excluding hydrogens is 430 g/mol. The molecule has 0 saturated carbocycles. The van der Waals surface area contributed by atoms with Crippen molar-refractivity contribution in [1.82, 2.24) is 15.5 Å². The molecule has 1 atom stereocenters. The molecule has 2 amide bonds. The summed E-state index contributed by atoms with van der Waals surface area (Å²) < 4.78 is 0.984. The summed E-state index contributed by atoms with van der Waals surface area (Å²) in [6.45, 7) is 1.95. The van der Waals surface area contributed by atoms with Gasteiger partial charge in [0, 0.05) is 30.5 Å². The van der Waals surface area contributed by atoms with E-state index < -0.39 is 0 Å². The number of hydrogen-bond donors (Lipinski definition) is 1. The van der Waals surface area contributed by atoms with E-state index in [4.69, 9.17) is 0 Å². The fourth-order valence-corrected chi connectivity index (χ4v) is 4.88. The molecule has 0 bridgehead atoms. The maximum Gasteiger partial charge on any atom is 0.243 e. The Bertz CT molecular complexity index is 858. The van der Waals surface area contributed by atoms with Crippen molar-refractivity contribution >= 4 is 49.3 Å². The van der Waals surface area contributed by atoms with Crippen LogP contribution >= 0.6 is 27.3 Å². The van der Waals surface area contributed by atoms with Gasteiger partial charge in [-0.3, -0.25) is 14.5 Å². The first-order chi connectivity index (χ1) is 13.1. The summed E-state index contributed by atoms with van der Waals surface area (Å²) in [7, 11) is 0. The standard InChI is InChI=1S/C18H20BrN5O2S/c19-13-6-2-1-5-12(13)11-20-16(26)14-7-3-9-23(14)17-21-22-18(27-17)24-10-4-8-15(24)25/h1-2,5-6,14H,3-4,7-11H2,(H,20,26). The van der Waals surface area contributed by atoms with Crippen molar-refractivity contribution in [3.05, 3.63) is 34.3 Å². The van der Waals surface area contributed by atoms with Crippen molar-refractivity contribution in [3.8, 4) is 0 Å². The molecule has 27 heavy (non-hydrogen) atoms. The van der Waals surface area contributed by atoms with Crippen LogP contribution < -0.4 is 15.1 Å². The first kappa shape index (κ1) is 18.4. The van der Waals surface area contributed by atoms with Crippen molar-refractivity contribution in [2.24, 2.45) is 0 Å². The molecular formula is C18H20BrN5O2S. The zero-order valence-electron chi connectivity index (χ0n) is 14.7. The lowest BCUT2D eigenvalue weighted by Crippen LogP contribution is -2.43. The Balaban J connectivity index is 1.43. The molecule has 2 fully saturated rings. The molecule has 4 rings (SSSR count). The van der Waals surface area contributed by atoms with Gasteiger partial charge in [-0.25, -0.2) is 0 Å². The van der Waals surface area contributed by atoms with Crippen LogP contribution in [0.5, 0.6) is 0 Å². The van der Waals surface area contributed by atoms with E-state index in [0.717, 1.165) is 35.8 Å². The first-order valence-corrected chi connectivity index (χ1v) is 10.7. The zero-order valence-corrected chi connectivity index (χ0v) is 17.1. The lowest BCUT2D eigenvalue weighted by molar-refractivity contribution is -0.122. The van der Waals surface area contributed by atoms with E-state index in [1.54, 1.807) is 4.90 Å². The van der Waals surface area contributed by atoms with Crippen molar-refractivity contribution in [3.63, 3.8) is 0 Å². The Labute approximate surface area is 169 Å². The van der Waals surface area contributed by atoms with Gasteiger partial charge >= 0.3 is 0 Å². The minimum Gasteiger partial charge on any atom is -0.350 e. The predicted molar refractivity (Wildman–Crippen MR) is 108 cm³/mol. The van der Waals surface area contributed by atoms with E-state index in [1.807, 2.05) is 29.2 Å². The predicted octanol–water partition coefficient (Wildman–Crippen LogP) is 2.71. The molecule has 1 N–H and O–H groups in total. The minimum absolute atomic E-state index is 0.00254. The Morgan fingerprint density at radius 3 is 2.81 bits per heavy atom. The summed E-state index contributed by atoms with van der Waals surface area (Å²) in [6, 6.07) is 7.61. The van der Waals surface area contributed by atoms with Gasteiger partial charge in [-0.2, -0.15) is 0 Å². The second-order valence-electron chi connectivity index (χ2n) is 6.68. The minimum atomic E-state index is -0.248. The Hall–Kier alpha value is -2.00. The van der Waals surface area contributed by atoms with Gasteiger partial charge in [-0.1, -0.05) is 45.5 Å². The van der Waals surface area contributed by atoms with Crippen molar-refractivity contribution in [1.29, 1.82) is 0 Å². The lowest BCUT2D eigenvalue weighted by atomic mass is 10.2. The number of aromatic nitrogens is 2. The van der Waals surface area contributed by atoms with Crippen LogP contribution in [0.4, 0.5) is 10.3 Å². The SMILES string of the molecule is O=C(NCc1ccccc1Br)C1CCCN1c1nnc(N2CCCC2=O)s1. The number of anilines is 2. The van der Waals surface area contributed by atoms with Gasteiger partial charge in [0.15, 0.2) is 0 Å². The van der Waals surface area contributed by atoms with Gasteiger partial charge < -0.3 is 10.2 Å². The number of nitrogens with zero attached hydrogens (tertiary/aromatic N) is 4. The highest BCUT2D eigenvalue weighted by Gasteiger charge is 2.34. The van der Waals surface area contributed by atoms with E-state index >= 15 is 0 Å². The maximum absolute atomic E-state index is 12.8. The van der Waals surface area contributed by atoms with Crippen LogP contribution in [0.25, 0.3) is 0 Å². The van der Waals surface area contributed by atoms with Gasteiger partial charge in [0.1, 0.15) is 6.04 Å².